The molecule has 116 valence electrons. The van der Waals surface area contributed by atoms with Crippen LogP contribution in [0.15, 0.2) is 0 Å². The molecule has 20 heavy (non-hydrogen) atoms. The molecule has 2 aliphatic rings. The molecule has 2 saturated heterocycles. The molecule has 0 aromatic heterocycles. The highest BCUT2D eigenvalue weighted by Crippen LogP contribution is 2.23. The van der Waals surface area contributed by atoms with E-state index in [0.29, 0.717) is 13.1 Å². The summed E-state index contributed by atoms with van der Waals surface area (Å²) in [6.07, 6.45) is 6.18. The molecule has 1 atom stereocenters. The average molecular weight is 302 g/mol. The van der Waals surface area contributed by atoms with Crippen LogP contribution in [0, 0.1) is 5.92 Å². The monoisotopic (exact) mass is 302 g/mol. The number of carbonyl (C=O) groups is 1. The molecule has 0 radical (unpaired) electrons. The lowest BCUT2D eigenvalue weighted by atomic mass is 9.98. The van der Waals surface area contributed by atoms with Crippen molar-refractivity contribution in [2.75, 3.05) is 31.9 Å². The summed E-state index contributed by atoms with van der Waals surface area (Å²) in [5, 5.41) is 0. The minimum atomic E-state index is -3.16. The fourth-order valence-electron chi connectivity index (χ4n) is 3.13. The Morgan fingerprint density at radius 3 is 2.30 bits per heavy atom. The van der Waals surface area contributed by atoms with Gasteiger partial charge in [-0.15, -0.1) is 0 Å². The summed E-state index contributed by atoms with van der Waals surface area (Å²) >= 11 is 0. The second-order valence-corrected chi connectivity index (χ2v) is 8.09. The van der Waals surface area contributed by atoms with Gasteiger partial charge >= 0.3 is 0 Å². The van der Waals surface area contributed by atoms with Crippen LogP contribution < -0.4 is 0 Å². The van der Waals surface area contributed by atoms with Gasteiger partial charge in [-0.25, -0.2) is 12.7 Å². The van der Waals surface area contributed by atoms with Crippen LogP contribution >= 0.6 is 0 Å². The summed E-state index contributed by atoms with van der Waals surface area (Å²) in [5.41, 5.74) is 0. The zero-order chi connectivity index (χ0) is 14.6. The van der Waals surface area contributed by atoms with E-state index in [0.717, 1.165) is 38.8 Å². The van der Waals surface area contributed by atoms with Gasteiger partial charge in [-0.2, -0.15) is 0 Å². The lowest BCUT2D eigenvalue weighted by molar-refractivity contribution is -0.136. The Hall–Kier alpha value is -0.620. The Kier molecular flexibility index (Phi) is 5.43. The van der Waals surface area contributed by atoms with Crippen LogP contribution in [0.25, 0.3) is 0 Å². The number of likely N-dealkylation sites (tertiary alicyclic amines) is 1. The van der Waals surface area contributed by atoms with Gasteiger partial charge in [0.1, 0.15) is 0 Å². The maximum absolute atomic E-state index is 12.6. The van der Waals surface area contributed by atoms with Crippen molar-refractivity contribution in [3.8, 4) is 0 Å². The van der Waals surface area contributed by atoms with Crippen LogP contribution in [0.4, 0.5) is 0 Å². The van der Waals surface area contributed by atoms with Crippen LogP contribution in [0.2, 0.25) is 0 Å². The standard InChI is InChI=1S/C14H26N2O3S/c1-2-20(18,19)16-11-7-8-13(12-16)14(17)15-9-5-3-4-6-10-15/h13H,2-12H2,1H3/t13-/m1/s1. The lowest BCUT2D eigenvalue weighted by Crippen LogP contribution is -2.47. The quantitative estimate of drug-likeness (QED) is 0.793. The SMILES string of the molecule is CCS(=O)(=O)N1CCC[C@@H](C(=O)N2CCCCCC2)C1. The third-order valence-electron chi connectivity index (χ3n) is 4.41. The van der Waals surface area contributed by atoms with Crippen LogP contribution in [-0.2, 0) is 14.8 Å². The van der Waals surface area contributed by atoms with E-state index < -0.39 is 10.0 Å². The minimum Gasteiger partial charge on any atom is -0.342 e. The summed E-state index contributed by atoms with van der Waals surface area (Å²) in [5.74, 6) is 0.156. The van der Waals surface area contributed by atoms with E-state index in [1.807, 2.05) is 4.90 Å². The second kappa shape index (κ2) is 6.89. The molecule has 2 heterocycles. The van der Waals surface area contributed by atoms with Crippen LogP contribution in [-0.4, -0.2) is 55.5 Å². The van der Waals surface area contributed by atoms with E-state index in [1.165, 1.54) is 17.1 Å². The van der Waals surface area contributed by atoms with Gasteiger partial charge in [0.05, 0.1) is 11.7 Å². The minimum absolute atomic E-state index is 0.123. The van der Waals surface area contributed by atoms with Gasteiger partial charge in [-0.3, -0.25) is 4.79 Å². The van der Waals surface area contributed by atoms with Gasteiger partial charge < -0.3 is 4.90 Å². The molecule has 0 unspecified atom stereocenters. The number of nitrogens with zero attached hydrogens (tertiary/aromatic N) is 2. The highest BCUT2D eigenvalue weighted by atomic mass is 32.2. The van der Waals surface area contributed by atoms with Crippen molar-refractivity contribution in [3.63, 3.8) is 0 Å². The molecule has 2 rings (SSSR count). The molecular weight excluding hydrogens is 276 g/mol. The number of carbonyl (C=O) groups excluding carboxylic acids is 1. The van der Waals surface area contributed by atoms with Gasteiger partial charge in [0, 0.05) is 26.2 Å². The lowest BCUT2D eigenvalue weighted by Gasteiger charge is -2.33. The molecule has 0 saturated carbocycles. The smallest absolute Gasteiger partial charge is 0.227 e. The fraction of sp³-hybridized carbons (Fsp3) is 0.929. The van der Waals surface area contributed by atoms with Gasteiger partial charge in [0.15, 0.2) is 0 Å². The fourth-order valence-corrected chi connectivity index (χ4v) is 4.31. The van der Waals surface area contributed by atoms with E-state index in [2.05, 4.69) is 0 Å². The van der Waals surface area contributed by atoms with Crippen molar-refractivity contribution in [2.45, 2.75) is 45.4 Å². The van der Waals surface area contributed by atoms with Crippen molar-refractivity contribution in [2.24, 2.45) is 5.92 Å². The van der Waals surface area contributed by atoms with Crippen LogP contribution in [0.5, 0.6) is 0 Å². The number of hydrogen-bond donors (Lipinski definition) is 0. The molecule has 0 aromatic carbocycles. The van der Waals surface area contributed by atoms with E-state index in [9.17, 15) is 13.2 Å². The molecule has 0 aliphatic carbocycles. The molecule has 5 nitrogen and oxygen atoms in total. The number of piperidine rings is 1. The molecule has 0 bridgehead atoms. The van der Waals surface area contributed by atoms with Gasteiger partial charge in [0.2, 0.25) is 15.9 Å². The zero-order valence-corrected chi connectivity index (χ0v) is 13.2. The Morgan fingerprint density at radius 1 is 1.05 bits per heavy atom. The van der Waals surface area contributed by atoms with E-state index in [4.69, 9.17) is 0 Å². The summed E-state index contributed by atoms with van der Waals surface area (Å²) in [4.78, 5) is 14.5. The first-order chi connectivity index (χ1) is 9.54. The first kappa shape index (κ1) is 15.8. The van der Waals surface area contributed by atoms with Crippen molar-refractivity contribution in [1.82, 2.24) is 9.21 Å². The van der Waals surface area contributed by atoms with E-state index in [-0.39, 0.29) is 17.6 Å². The molecule has 0 spiro atoms. The van der Waals surface area contributed by atoms with Crippen molar-refractivity contribution >= 4 is 15.9 Å². The number of amides is 1. The van der Waals surface area contributed by atoms with E-state index in [1.54, 1.807) is 6.92 Å². The third kappa shape index (κ3) is 3.73. The Morgan fingerprint density at radius 2 is 1.70 bits per heavy atom. The molecule has 0 aromatic rings. The normalized spacial score (nSPS) is 26.2. The Bertz CT molecular complexity index is 428. The van der Waals surface area contributed by atoms with Crippen molar-refractivity contribution in [1.29, 1.82) is 0 Å². The molecule has 2 aliphatic heterocycles. The predicted octanol–water partition coefficient (Wildman–Crippen LogP) is 1.45. The van der Waals surface area contributed by atoms with Crippen molar-refractivity contribution < 1.29 is 13.2 Å². The Balaban J connectivity index is 1.99. The van der Waals surface area contributed by atoms with Gasteiger partial charge in [-0.05, 0) is 32.6 Å². The van der Waals surface area contributed by atoms with Gasteiger partial charge in [0.25, 0.3) is 0 Å². The Labute approximate surface area is 122 Å². The summed E-state index contributed by atoms with van der Waals surface area (Å²) in [7, 11) is -3.16. The number of sulfonamides is 1. The van der Waals surface area contributed by atoms with E-state index >= 15 is 0 Å². The largest absolute Gasteiger partial charge is 0.342 e. The number of rotatable bonds is 3. The highest BCUT2D eigenvalue weighted by Gasteiger charge is 2.33. The topological polar surface area (TPSA) is 57.7 Å². The maximum atomic E-state index is 12.6. The molecule has 1 amide bonds. The van der Waals surface area contributed by atoms with Crippen LogP contribution in [0.3, 0.4) is 0 Å². The number of hydrogen-bond acceptors (Lipinski definition) is 3. The summed E-state index contributed by atoms with van der Waals surface area (Å²) in [6, 6.07) is 0. The van der Waals surface area contributed by atoms with Crippen LogP contribution in [0.1, 0.15) is 45.4 Å². The zero-order valence-electron chi connectivity index (χ0n) is 12.4. The predicted molar refractivity (Wildman–Crippen MR) is 78.8 cm³/mol. The first-order valence-electron chi connectivity index (χ1n) is 7.81. The summed E-state index contributed by atoms with van der Waals surface area (Å²) < 4.78 is 25.4. The first-order valence-corrected chi connectivity index (χ1v) is 9.42. The maximum Gasteiger partial charge on any atom is 0.227 e. The molecule has 2 fully saturated rings. The van der Waals surface area contributed by atoms with Gasteiger partial charge in [-0.1, -0.05) is 12.8 Å². The highest BCUT2D eigenvalue weighted by molar-refractivity contribution is 7.89. The second-order valence-electron chi connectivity index (χ2n) is 5.84. The summed E-state index contributed by atoms with van der Waals surface area (Å²) in [6.45, 7) is 4.30. The van der Waals surface area contributed by atoms with Crippen molar-refractivity contribution in [3.05, 3.63) is 0 Å². The molecule has 0 N–H and O–H groups in total. The molecular formula is C14H26N2O3S. The molecule has 6 heteroatoms. The third-order valence-corrected chi connectivity index (χ3v) is 6.26. The average Bonchev–Trinajstić information content (AvgIpc) is 2.75.